The Balaban J connectivity index is 0.00000129. The summed E-state index contributed by atoms with van der Waals surface area (Å²) in [7, 11) is 3.25. The quantitative estimate of drug-likeness (QED) is 0.123. The Bertz CT molecular complexity index is 1920. The summed E-state index contributed by atoms with van der Waals surface area (Å²) in [5, 5.41) is 20.9. The van der Waals surface area contributed by atoms with E-state index < -0.39 is 10.1 Å². The van der Waals surface area contributed by atoms with Gasteiger partial charge in [-0.25, -0.2) is 0 Å². The number of rotatable bonds is 6. The van der Waals surface area contributed by atoms with Crippen molar-refractivity contribution in [3.8, 4) is 0 Å². The van der Waals surface area contributed by atoms with E-state index in [0.717, 1.165) is 27.6 Å². The van der Waals surface area contributed by atoms with E-state index in [1.54, 1.807) is 30.1 Å². The van der Waals surface area contributed by atoms with Crippen LogP contribution in [-0.4, -0.2) is 28.0 Å². The van der Waals surface area contributed by atoms with Crippen molar-refractivity contribution in [3.63, 3.8) is 0 Å². The van der Waals surface area contributed by atoms with Gasteiger partial charge in [-0.1, -0.05) is 56.7 Å². The molecule has 0 saturated carbocycles. The van der Waals surface area contributed by atoms with E-state index >= 15 is 0 Å². The predicted molar refractivity (Wildman–Crippen MR) is 172 cm³/mol. The molecule has 0 aliphatic carbocycles. The first-order chi connectivity index (χ1) is 20.0. The van der Waals surface area contributed by atoms with Crippen LogP contribution in [0.3, 0.4) is 0 Å². The van der Waals surface area contributed by atoms with E-state index in [4.69, 9.17) is 7.98 Å². The number of anilines is 1. The van der Waals surface area contributed by atoms with Crippen molar-refractivity contribution in [1.82, 2.24) is 0 Å². The van der Waals surface area contributed by atoms with Crippen LogP contribution in [0.1, 0.15) is 31.4 Å². The molecule has 0 aliphatic heterocycles. The van der Waals surface area contributed by atoms with Crippen LogP contribution in [0, 0.1) is 13.8 Å². The van der Waals surface area contributed by atoms with Gasteiger partial charge >= 0.3 is 0 Å². The van der Waals surface area contributed by atoms with Crippen LogP contribution in [0.4, 0.5) is 28.4 Å². The zero-order chi connectivity index (χ0) is 30.4. The summed E-state index contributed by atoms with van der Waals surface area (Å²) in [4.78, 5) is 1.30. The van der Waals surface area contributed by atoms with Crippen LogP contribution >= 0.6 is 0 Å². The number of hydrogen-bond acceptors (Lipinski definition) is 7. The second-order valence-electron chi connectivity index (χ2n) is 9.96. The van der Waals surface area contributed by atoms with Crippen molar-refractivity contribution in [3.05, 3.63) is 96.1 Å². The molecule has 2 radical (unpaired) electrons. The molecule has 0 saturated heterocycles. The molecule has 0 unspecified atom stereocenters. The van der Waals surface area contributed by atoms with Gasteiger partial charge in [0.05, 0.1) is 27.6 Å². The molecule has 0 aliphatic rings. The molecule has 5 aromatic carbocycles. The lowest BCUT2D eigenvalue weighted by Crippen LogP contribution is -2.12. The topological polar surface area (TPSA) is 107 Å². The summed E-state index contributed by atoms with van der Waals surface area (Å²) in [5.41, 5.74) is 4.99. The maximum Gasteiger partial charge on any atom is 0.294 e. The molecular formula is C32H32BN5O3S. The Morgan fingerprint density at radius 3 is 2.00 bits per heavy atom. The Morgan fingerprint density at radius 2 is 1.33 bits per heavy atom. The monoisotopic (exact) mass is 577 g/mol. The minimum atomic E-state index is -4.43. The Kier molecular flexibility index (Phi) is 9.50. The van der Waals surface area contributed by atoms with Crippen LogP contribution in [0.15, 0.2) is 110 Å². The molecule has 8 nitrogen and oxygen atoms in total. The van der Waals surface area contributed by atoms with Gasteiger partial charge in [0, 0.05) is 16.5 Å². The van der Waals surface area contributed by atoms with Crippen molar-refractivity contribution in [2.45, 2.75) is 39.0 Å². The van der Waals surface area contributed by atoms with E-state index in [0.29, 0.717) is 33.5 Å². The normalized spacial score (nSPS) is 11.8. The van der Waals surface area contributed by atoms with Crippen molar-refractivity contribution in [1.29, 1.82) is 0 Å². The summed E-state index contributed by atoms with van der Waals surface area (Å²) in [6, 6.07) is 25.2. The highest BCUT2D eigenvalue weighted by Crippen LogP contribution is 2.37. The van der Waals surface area contributed by atoms with E-state index in [-0.39, 0.29) is 4.90 Å². The van der Waals surface area contributed by atoms with Gasteiger partial charge in [-0.2, -0.15) is 18.6 Å². The standard InChI is InChI=1S/C29H24BN5O3S.C3H8/c1-18-15-29(35(3)30)19(2)14-28(18)34-33-26-12-13-27(25-17-23(39(36,37)38)10-11-24(25)26)32-31-22-9-8-20-6-4-5-7-21(20)16-22;1-3-2/h4-17H,1-3H3,(H,36,37,38);3H2,1-2H3. The fraction of sp³-hybridized carbons (Fsp3) is 0.188. The number of hydrogen-bond donors (Lipinski definition) is 1. The maximum atomic E-state index is 11.9. The number of benzene rings is 5. The fourth-order valence-electron chi connectivity index (χ4n) is 4.36. The number of fused-ring (bicyclic) bond motifs is 2. The number of aryl methyl sites for hydroxylation is 2. The molecule has 0 aromatic heterocycles. The molecular weight excluding hydrogens is 545 g/mol. The summed E-state index contributed by atoms with van der Waals surface area (Å²) < 4.78 is 33.4. The average Bonchev–Trinajstić information content (AvgIpc) is 2.96. The molecule has 42 heavy (non-hydrogen) atoms. The highest BCUT2D eigenvalue weighted by atomic mass is 32.2. The third-order valence-corrected chi connectivity index (χ3v) is 7.26. The van der Waals surface area contributed by atoms with Gasteiger partial charge in [-0.15, -0.1) is 10.2 Å². The number of azo groups is 2. The first kappa shape index (κ1) is 30.6. The predicted octanol–water partition coefficient (Wildman–Crippen LogP) is 9.62. The molecule has 0 heterocycles. The first-order valence-electron chi connectivity index (χ1n) is 13.5. The first-order valence-corrected chi connectivity index (χ1v) is 14.9. The lowest BCUT2D eigenvalue weighted by atomic mass is 10.1. The second-order valence-corrected chi connectivity index (χ2v) is 11.4. The molecule has 0 fully saturated rings. The van der Waals surface area contributed by atoms with Crippen LogP contribution < -0.4 is 4.81 Å². The van der Waals surface area contributed by atoms with Gasteiger partial charge in [0.1, 0.15) is 0 Å². The molecule has 5 rings (SSSR count). The molecule has 0 atom stereocenters. The highest BCUT2D eigenvalue weighted by Gasteiger charge is 2.14. The van der Waals surface area contributed by atoms with E-state index in [1.165, 1.54) is 18.6 Å². The summed E-state index contributed by atoms with van der Waals surface area (Å²) in [5.74, 6) is 0. The van der Waals surface area contributed by atoms with Gasteiger partial charge in [0.25, 0.3) is 10.1 Å². The van der Waals surface area contributed by atoms with Crippen molar-refractivity contribution < 1.29 is 13.0 Å². The van der Waals surface area contributed by atoms with E-state index in [9.17, 15) is 13.0 Å². The number of nitrogens with zero attached hydrogens (tertiary/aromatic N) is 5. The minimum Gasteiger partial charge on any atom is -0.427 e. The van der Waals surface area contributed by atoms with Crippen LogP contribution in [0.5, 0.6) is 0 Å². The Labute approximate surface area is 248 Å². The second kappa shape index (κ2) is 13.1. The minimum absolute atomic E-state index is 0.251. The Morgan fingerprint density at radius 1 is 0.714 bits per heavy atom. The SMILES string of the molecule is CCC.[B]N(C)c1cc(C)c(N=Nc2ccc(N=Nc3ccc4ccccc4c3)c3cc(S(=O)(=O)O)ccc23)cc1C. The zero-order valence-electron chi connectivity index (χ0n) is 24.3. The third kappa shape index (κ3) is 7.08. The van der Waals surface area contributed by atoms with Crippen molar-refractivity contribution in [2.24, 2.45) is 20.5 Å². The molecule has 0 spiro atoms. The molecule has 5 aromatic rings. The smallest absolute Gasteiger partial charge is 0.294 e. The molecule has 10 heteroatoms. The lowest BCUT2D eigenvalue weighted by Gasteiger charge is -2.17. The van der Waals surface area contributed by atoms with E-state index in [1.807, 2.05) is 68.4 Å². The summed E-state index contributed by atoms with van der Waals surface area (Å²) >= 11 is 0. The summed E-state index contributed by atoms with van der Waals surface area (Å²) in [6.07, 6.45) is 1.25. The molecule has 0 amide bonds. The van der Waals surface area contributed by atoms with Crippen LogP contribution in [0.2, 0.25) is 0 Å². The zero-order valence-corrected chi connectivity index (χ0v) is 25.1. The average molecular weight is 578 g/mol. The van der Waals surface area contributed by atoms with Gasteiger partial charge in [-0.05, 0) is 91.3 Å². The fourth-order valence-corrected chi connectivity index (χ4v) is 4.87. The maximum absolute atomic E-state index is 11.9. The van der Waals surface area contributed by atoms with Gasteiger partial charge in [-0.3, -0.25) is 4.55 Å². The van der Waals surface area contributed by atoms with Gasteiger partial charge in [0.2, 0.25) is 7.98 Å². The highest BCUT2D eigenvalue weighted by molar-refractivity contribution is 7.85. The molecule has 0 bridgehead atoms. The summed E-state index contributed by atoms with van der Waals surface area (Å²) in [6.45, 7) is 8.12. The van der Waals surface area contributed by atoms with Gasteiger partial charge in [0.15, 0.2) is 0 Å². The van der Waals surface area contributed by atoms with E-state index in [2.05, 4.69) is 34.3 Å². The molecule has 212 valence electrons. The largest absolute Gasteiger partial charge is 0.427 e. The molecule has 1 N–H and O–H groups in total. The van der Waals surface area contributed by atoms with Crippen LogP contribution in [0.25, 0.3) is 21.5 Å². The Hall–Kier alpha value is -4.41. The lowest BCUT2D eigenvalue weighted by molar-refractivity contribution is 0.483. The van der Waals surface area contributed by atoms with Crippen molar-refractivity contribution in [2.75, 3.05) is 11.9 Å². The van der Waals surface area contributed by atoms with Crippen molar-refractivity contribution >= 4 is 68.1 Å². The third-order valence-electron chi connectivity index (χ3n) is 6.41. The van der Waals surface area contributed by atoms with Crippen LogP contribution in [-0.2, 0) is 10.1 Å². The van der Waals surface area contributed by atoms with Gasteiger partial charge < -0.3 is 4.81 Å².